The van der Waals surface area contributed by atoms with E-state index in [1.54, 1.807) is 0 Å². The summed E-state index contributed by atoms with van der Waals surface area (Å²) in [7, 11) is 0. The van der Waals surface area contributed by atoms with Gasteiger partial charge in [-0.2, -0.15) is 5.26 Å². The van der Waals surface area contributed by atoms with Gasteiger partial charge in [-0.15, -0.1) is 0 Å². The summed E-state index contributed by atoms with van der Waals surface area (Å²) in [5, 5.41) is 11.1. The number of carbonyl (C=O) groups is 1. The van der Waals surface area contributed by atoms with Gasteiger partial charge in [0.2, 0.25) is 5.91 Å². The molecule has 0 saturated carbocycles. The van der Waals surface area contributed by atoms with E-state index >= 15 is 0 Å². The van der Waals surface area contributed by atoms with Crippen LogP contribution in [0.1, 0.15) is 40.0 Å². The molecule has 1 heterocycles. The second kappa shape index (κ2) is 10.6. The monoisotopic (exact) mass is 308 g/mol. The van der Waals surface area contributed by atoms with Crippen molar-refractivity contribution in [1.82, 2.24) is 15.1 Å². The summed E-state index contributed by atoms with van der Waals surface area (Å²) in [6.45, 7) is 12.9. The van der Waals surface area contributed by atoms with E-state index < -0.39 is 0 Å². The zero-order chi connectivity index (χ0) is 16.4. The Kier molecular flexibility index (Phi) is 9.10. The van der Waals surface area contributed by atoms with E-state index in [1.165, 1.54) is 32.4 Å². The number of hydrogen-bond acceptors (Lipinski definition) is 4. The minimum atomic E-state index is -0.0332. The first-order valence-electron chi connectivity index (χ1n) is 8.63. The molecule has 0 bridgehead atoms. The summed E-state index contributed by atoms with van der Waals surface area (Å²) >= 11 is 0. The summed E-state index contributed by atoms with van der Waals surface area (Å²) in [5.41, 5.74) is 0. The number of hydrogen-bond donors (Lipinski definition) is 1. The summed E-state index contributed by atoms with van der Waals surface area (Å²) in [5.74, 6) is 1.49. The molecule has 0 aromatic carbocycles. The molecule has 0 aliphatic carbocycles. The van der Waals surface area contributed by atoms with Gasteiger partial charge in [-0.05, 0) is 57.3 Å². The lowest BCUT2D eigenvalue weighted by Gasteiger charge is -2.32. The number of carbonyl (C=O) groups excluding carboxylic acids is 1. The Labute approximate surface area is 135 Å². The van der Waals surface area contributed by atoms with E-state index in [9.17, 15) is 4.79 Å². The van der Waals surface area contributed by atoms with Crippen LogP contribution >= 0.6 is 0 Å². The van der Waals surface area contributed by atoms with E-state index in [1.807, 2.05) is 6.07 Å². The van der Waals surface area contributed by atoms with Crippen LogP contribution < -0.4 is 5.32 Å². The van der Waals surface area contributed by atoms with Crippen molar-refractivity contribution in [3.8, 4) is 6.07 Å². The molecule has 0 atom stereocenters. The largest absolute Gasteiger partial charge is 0.342 e. The lowest BCUT2D eigenvalue weighted by Crippen LogP contribution is -2.42. The number of nitrogens with zero attached hydrogens (tertiary/aromatic N) is 3. The molecule has 126 valence electrons. The average molecular weight is 308 g/mol. The molecule has 0 spiro atoms. The zero-order valence-corrected chi connectivity index (χ0v) is 14.5. The number of nitrogens with one attached hydrogen (secondary N) is 1. The maximum Gasteiger partial charge on any atom is 0.235 e. The molecule has 0 aromatic rings. The predicted molar refractivity (Wildman–Crippen MR) is 89.4 cm³/mol. The quantitative estimate of drug-likeness (QED) is 0.659. The van der Waals surface area contributed by atoms with Crippen LogP contribution in [0, 0.1) is 23.2 Å². The molecule has 0 aromatic heterocycles. The van der Waals surface area contributed by atoms with Crippen LogP contribution in [0.3, 0.4) is 0 Å². The Hall–Kier alpha value is -1.12. The number of piperidine rings is 1. The zero-order valence-electron chi connectivity index (χ0n) is 14.5. The highest BCUT2D eigenvalue weighted by Gasteiger charge is 2.21. The molecule has 1 fully saturated rings. The molecule has 22 heavy (non-hydrogen) atoms. The van der Waals surface area contributed by atoms with Crippen molar-refractivity contribution in [2.45, 2.75) is 40.0 Å². The van der Waals surface area contributed by atoms with Crippen LogP contribution in [-0.4, -0.2) is 61.5 Å². The van der Waals surface area contributed by atoms with Crippen LogP contribution in [0.5, 0.6) is 0 Å². The number of nitriles is 1. The minimum absolute atomic E-state index is 0.0332. The second-order valence-electron chi connectivity index (χ2n) is 6.73. The van der Waals surface area contributed by atoms with Gasteiger partial charge in [0.25, 0.3) is 0 Å². The lowest BCUT2D eigenvalue weighted by atomic mass is 9.93. The van der Waals surface area contributed by atoms with Crippen LogP contribution in [0.4, 0.5) is 0 Å². The number of rotatable bonds is 9. The Morgan fingerprint density at radius 1 is 1.41 bits per heavy atom. The van der Waals surface area contributed by atoms with Crippen molar-refractivity contribution in [3.63, 3.8) is 0 Å². The third-order valence-electron chi connectivity index (χ3n) is 4.36. The van der Waals surface area contributed by atoms with Gasteiger partial charge < -0.3 is 10.2 Å². The Morgan fingerprint density at radius 3 is 2.64 bits per heavy atom. The van der Waals surface area contributed by atoms with Gasteiger partial charge in [0, 0.05) is 6.54 Å². The summed E-state index contributed by atoms with van der Waals surface area (Å²) in [6, 6.07) is 1.93. The van der Waals surface area contributed by atoms with Crippen molar-refractivity contribution in [3.05, 3.63) is 0 Å². The standard InChI is InChI=1S/C17H32N4O/c1-4-20(13-15(2)3)10-5-16-6-11-21(12-7-16)14-17(22)19-9-8-18/h15-16H,4-7,9-14H2,1-3H3,(H,19,22). The number of amides is 1. The van der Waals surface area contributed by atoms with Gasteiger partial charge in [-0.1, -0.05) is 20.8 Å². The molecule has 1 aliphatic rings. The topological polar surface area (TPSA) is 59.4 Å². The fourth-order valence-corrected chi connectivity index (χ4v) is 3.09. The van der Waals surface area contributed by atoms with Gasteiger partial charge in [0.1, 0.15) is 6.54 Å². The van der Waals surface area contributed by atoms with E-state index in [4.69, 9.17) is 5.26 Å². The van der Waals surface area contributed by atoms with Crippen molar-refractivity contribution >= 4 is 5.91 Å². The van der Waals surface area contributed by atoms with Gasteiger partial charge in [0.15, 0.2) is 0 Å². The van der Waals surface area contributed by atoms with Crippen molar-refractivity contribution in [2.75, 3.05) is 45.8 Å². The third kappa shape index (κ3) is 7.77. The summed E-state index contributed by atoms with van der Waals surface area (Å²) in [4.78, 5) is 16.3. The van der Waals surface area contributed by atoms with Crippen molar-refractivity contribution in [2.24, 2.45) is 11.8 Å². The molecule has 1 rings (SSSR count). The maximum absolute atomic E-state index is 11.6. The average Bonchev–Trinajstić information content (AvgIpc) is 2.50. The first-order valence-corrected chi connectivity index (χ1v) is 8.63. The highest BCUT2D eigenvalue weighted by atomic mass is 16.2. The Bertz CT molecular complexity index is 356. The van der Waals surface area contributed by atoms with E-state index in [2.05, 4.69) is 35.9 Å². The molecule has 5 nitrogen and oxygen atoms in total. The van der Waals surface area contributed by atoms with Crippen molar-refractivity contribution < 1.29 is 4.79 Å². The predicted octanol–water partition coefficient (Wildman–Crippen LogP) is 1.71. The summed E-state index contributed by atoms with van der Waals surface area (Å²) in [6.07, 6.45) is 3.64. The molecule has 1 aliphatic heterocycles. The molecular weight excluding hydrogens is 276 g/mol. The fourth-order valence-electron chi connectivity index (χ4n) is 3.09. The third-order valence-corrected chi connectivity index (χ3v) is 4.36. The van der Waals surface area contributed by atoms with Crippen LogP contribution in [-0.2, 0) is 4.79 Å². The second-order valence-corrected chi connectivity index (χ2v) is 6.73. The lowest BCUT2D eigenvalue weighted by molar-refractivity contribution is -0.122. The van der Waals surface area contributed by atoms with Gasteiger partial charge >= 0.3 is 0 Å². The Balaban J connectivity index is 2.19. The molecule has 0 unspecified atom stereocenters. The SMILES string of the molecule is CCN(CCC1CCN(CC(=O)NCC#N)CC1)CC(C)C. The summed E-state index contributed by atoms with van der Waals surface area (Å²) < 4.78 is 0. The highest BCUT2D eigenvalue weighted by molar-refractivity contribution is 5.78. The molecule has 5 heteroatoms. The number of likely N-dealkylation sites (tertiary alicyclic amines) is 1. The van der Waals surface area contributed by atoms with E-state index in [-0.39, 0.29) is 12.5 Å². The fraction of sp³-hybridized carbons (Fsp3) is 0.882. The molecule has 0 radical (unpaired) electrons. The molecular formula is C17H32N4O. The molecule has 1 saturated heterocycles. The van der Waals surface area contributed by atoms with Crippen LogP contribution in [0.2, 0.25) is 0 Å². The van der Waals surface area contributed by atoms with Gasteiger partial charge in [-0.25, -0.2) is 0 Å². The Morgan fingerprint density at radius 2 is 2.09 bits per heavy atom. The molecule has 1 N–H and O–H groups in total. The van der Waals surface area contributed by atoms with Crippen LogP contribution in [0.15, 0.2) is 0 Å². The minimum Gasteiger partial charge on any atom is -0.342 e. The van der Waals surface area contributed by atoms with Crippen LogP contribution in [0.25, 0.3) is 0 Å². The van der Waals surface area contributed by atoms with Crippen molar-refractivity contribution in [1.29, 1.82) is 5.26 Å². The van der Waals surface area contributed by atoms with E-state index in [0.717, 1.165) is 31.5 Å². The van der Waals surface area contributed by atoms with Gasteiger partial charge in [-0.3, -0.25) is 9.69 Å². The van der Waals surface area contributed by atoms with Gasteiger partial charge in [0.05, 0.1) is 12.6 Å². The van der Waals surface area contributed by atoms with E-state index in [0.29, 0.717) is 6.54 Å². The highest BCUT2D eigenvalue weighted by Crippen LogP contribution is 2.20. The normalized spacial score (nSPS) is 16.9. The smallest absolute Gasteiger partial charge is 0.235 e. The maximum atomic E-state index is 11.6. The first kappa shape index (κ1) is 18.9. The first-order chi connectivity index (χ1) is 10.5. The molecule has 1 amide bonds.